The minimum absolute atomic E-state index is 0.516. The summed E-state index contributed by atoms with van der Waals surface area (Å²) < 4.78 is 1.53. The lowest BCUT2D eigenvalue weighted by Crippen LogP contribution is -2.07. The fraction of sp³-hybridized carbons (Fsp3) is 0.222. The van der Waals surface area contributed by atoms with Crippen LogP contribution >= 0.6 is 11.6 Å². The number of aromatic nitrogens is 4. The Labute approximate surface area is 92.1 Å². The van der Waals surface area contributed by atoms with Gasteiger partial charge in [0.15, 0.2) is 0 Å². The minimum atomic E-state index is 0.516. The first-order chi connectivity index (χ1) is 7.29. The van der Waals surface area contributed by atoms with Crippen LogP contribution in [0.3, 0.4) is 0 Å². The van der Waals surface area contributed by atoms with Gasteiger partial charge in [-0.25, -0.2) is 14.6 Å². The number of rotatable bonds is 3. The Morgan fingerprint density at radius 1 is 1.33 bits per heavy atom. The molecule has 0 saturated heterocycles. The number of nitrogens with zero attached hydrogens (tertiary/aromatic N) is 4. The van der Waals surface area contributed by atoms with E-state index in [-0.39, 0.29) is 0 Å². The molecule has 0 aliphatic carbocycles. The van der Waals surface area contributed by atoms with Gasteiger partial charge >= 0.3 is 0 Å². The number of hydrogen-bond acceptors (Lipinski definition) is 4. The van der Waals surface area contributed by atoms with Crippen molar-refractivity contribution in [2.75, 3.05) is 7.05 Å². The summed E-state index contributed by atoms with van der Waals surface area (Å²) in [4.78, 5) is 8.34. The van der Waals surface area contributed by atoms with E-state index in [0.29, 0.717) is 11.0 Å². The van der Waals surface area contributed by atoms with Crippen LogP contribution in [0.15, 0.2) is 24.8 Å². The maximum atomic E-state index is 5.74. The lowest BCUT2D eigenvalue weighted by atomic mass is 10.3. The topological polar surface area (TPSA) is 55.6 Å². The Kier molecular flexibility index (Phi) is 2.94. The van der Waals surface area contributed by atoms with Crippen LogP contribution in [0.4, 0.5) is 0 Å². The van der Waals surface area contributed by atoms with Gasteiger partial charge in [0.2, 0.25) is 5.95 Å². The number of halogens is 1. The van der Waals surface area contributed by atoms with Gasteiger partial charge in [-0.1, -0.05) is 11.6 Å². The van der Waals surface area contributed by atoms with Crippen LogP contribution in [0.1, 0.15) is 5.56 Å². The van der Waals surface area contributed by atoms with E-state index in [9.17, 15) is 0 Å². The van der Waals surface area contributed by atoms with Gasteiger partial charge in [0, 0.05) is 24.5 Å². The normalized spacial score (nSPS) is 10.5. The Bertz CT molecular complexity index is 436. The molecule has 0 spiro atoms. The molecule has 5 nitrogen and oxygen atoms in total. The highest BCUT2D eigenvalue weighted by Crippen LogP contribution is 2.08. The van der Waals surface area contributed by atoms with E-state index in [2.05, 4.69) is 20.4 Å². The second-order valence-corrected chi connectivity index (χ2v) is 3.46. The van der Waals surface area contributed by atoms with Crippen LogP contribution in [-0.2, 0) is 6.54 Å². The molecular weight excluding hydrogens is 214 g/mol. The van der Waals surface area contributed by atoms with E-state index in [1.165, 1.54) is 4.68 Å². The van der Waals surface area contributed by atoms with E-state index in [4.69, 9.17) is 11.6 Å². The lowest BCUT2D eigenvalue weighted by Gasteiger charge is -2.01. The van der Waals surface area contributed by atoms with Crippen LogP contribution in [0, 0.1) is 0 Å². The summed E-state index contributed by atoms with van der Waals surface area (Å²) in [5.41, 5.74) is 1.03. The molecule has 0 radical (unpaired) electrons. The van der Waals surface area contributed by atoms with E-state index in [0.717, 1.165) is 12.1 Å². The molecule has 0 saturated carbocycles. The molecule has 0 unspecified atom stereocenters. The molecule has 0 aliphatic rings. The molecular formula is C9H10ClN5. The average Bonchev–Trinajstić information content (AvgIpc) is 2.67. The monoisotopic (exact) mass is 223 g/mol. The SMILES string of the molecule is CNCc1cnc(-n2cc(Cl)cn2)nc1. The smallest absolute Gasteiger partial charge is 0.250 e. The zero-order chi connectivity index (χ0) is 10.7. The van der Waals surface area contributed by atoms with Crippen molar-refractivity contribution in [3.05, 3.63) is 35.4 Å². The zero-order valence-electron chi connectivity index (χ0n) is 8.18. The molecule has 6 heteroatoms. The van der Waals surface area contributed by atoms with Crippen molar-refractivity contribution >= 4 is 11.6 Å². The molecule has 0 fully saturated rings. The average molecular weight is 224 g/mol. The Hall–Kier alpha value is -1.46. The third-order valence-electron chi connectivity index (χ3n) is 1.83. The van der Waals surface area contributed by atoms with E-state index in [1.807, 2.05) is 7.05 Å². The molecule has 0 bridgehead atoms. The van der Waals surface area contributed by atoms with Crippen LogP contribution in [0.25, 0.3) is 5.95 Å². The summed E-state index contributed by atoms with van der Waals surface area (Å²) in [5, 5.41) is 7.60. The molecule has 0 amide bonds. The van der Waals surface area contributed by atoms with Gasteiger partial charge in [-0.3, -0.25) is 0 Å². The standard InChI is InChI=1S/C9H10ClN5/c1-11-2-7-3-12-9(13-4-7)15-6-8(10)5-14-15/h3-6,11H,2H2,1H3. The van der Waals surface area contributed by atoms with Crippen LogP contribution in [-0.4, -0.2) is 26.8 Å². The molecule has 0 atom stereocenters. The molecule has 2 rings (SSSR count). The first-order valence-corrected chi connectivity index (χ1v) is 4.83. The number of nitrogens with one attached hydrogen (secondary N) is 1. The van der Waals surface area contributed by atoms with Gasteiger partial charge < -0.3 is 5.32 Å². The van der Waals surface area contributed by atoms with Gasteiger partial charge in [0.25, 0.3) is 0 Å². The Morgan fingerprint density at radius 2 is 2.07 bits per heavy atom. The molecule has 2 heterocycles. The van der Waals surface area contributed by atoms with Crippen LogP contribution < -0.4 is 5.32 Å². The zero-order valence-corrected chi connectivity index (χ0v) is 8.94. The highest BCUT2D eigenvalue weighted by atomic mass is 35.5. The second-order valence-electron chi connectivity index (χ2n) is 3.02. The molecule has 0 aliphatic heterocycles. The largest absolute Gasteiger partial charge is 0.316 e. The highest BCUT2D eigenvalue weighted by Gasteiger charge is 2.01. The van der Waals surface area contributed by atoms with E-state index >= 15 is 0 Å². The fourth-order valence-electron chi connectivity index (χ4n) is 1.17. The summed E-state index contributed by atoms with van der Waals surface area (Å²) in [6.07, 6.45) is 6.73. The molecule has 2 aromatic rings. The predicted molar refractivity (Wildman–Crippen MR) is 56.9 cm³/mol. The summed E-state index contributed by atoms with van der Waals surface area (Å²) in [6, 6.07) is 0. The first kappa shape index (κ1) is 10.1. The Balaban J connectivity index is 2.23. The molecule has 78 valence electrons. The first-order valence-electron chi connectivity index (χ1n) is 4.45. The van der Waals surface area contributed by atoms with Crippen molar-refractivity contribution in [3.63, 3.8) is 0 Å². The van der Waals surface area contributed by atoms with Crippen molar-refractivity contribution in [1.29, 1.82) is 0 Å². The Morgan fingerprint density at radius 3 is 2.60 bits per heavy atom. The van der Waals surface area contributed by atoms with Crippen molar-refractivity contribution in [2.45, 2.75) is 6.54 Å². The fourth-order valence-corrected chi connectivity index (χ4v) is 1.31. The second kappa shape index (κ2) is 4.37. The maximum Gasteiger partial charge on any atom is 0.250 e. The predicted octanol–water partition coefficient (Wildman–Crippen LogP) is 1.04. The molecule has 1 N–H and O–H groups in total. The summed E-state index contributed by atoms with van der Waals surface area (Å²) in [6.45, 7) is 0.750. The van der Waals surface area contributed by atoms with Crippen LogP contribution in [0.2, 0.25) is 5.02 Å². The summed E-state index contributed by atoms with van der Waals surface area (Å²) >= 11 is 5.74. The van der Waals surface area contributed by atoms with Crippen LogP contribution in [0.5, 0.6) is 0 Å². The molecule has 15 heavy (non-hydrogen) atoms. The van der Waals surface area contributed by atoms with Gasteiger partial charge in [0.1, 0.15) is 0 Å². The van der Waals surface area contributed by atoms with Gasteiger partial charge in [-0.2, -0.15) is 5.10 Å². The van der Waals surface area contributed by atoms with Gasteiger partial charge in [0.05, 0.1) is 17.4 Å². The van der Waals surface area contributed by atoms with Crippen molar-refractivity contribution < 1.29 is 0 Å². The van der Waals surface area contributed by atoms with E-state index in [1.54, 1.807) is 24.8 Å². The van der Waals surface area contributed by atoms with Gasteiger partial charge in [-0.05, 0) is 7.05 Å². The summed E-state index contributed by atoms with van der Waals surface area (Å²) in [5.74, 6) is 0.516. The third kappa shape index (κ3) is 2.31. The van der Waals surface area contributed by atoms with Crippen molar-refractivity contribution in [2.24, 2.45) is 0 Å². The third-order valence-corrected chi connectivity index (χ3v) is 2.02. The highest BCUT2D eigenvalue weighted by molar-refractivity contribution is 6.30. The molecule has 0 aromatic carbocycles. The minimum Gasteiger partial charge on any atom is -0.316 e. The van der Waals surface area contributed by atoms with E-state index < -0.39 is 0 Å². The quantitative estimate of drug-likeness (QED) is 0.845. The summed E-state index contributed by atoms with van der Waals surface area (Å²) in [7, 11) is 1.88. The number of hydrogen-bond donors (Lipinski definition) is 1. The lowest BCUT2D eigenvalue weighted by molar-refractivity contribution is 0.775. The molecule has 2 aromatic heterocycles. The van der Waals surface area contributed by atoms with Gasteiger partial charge in [-0.15, -0.1) is 0 Å². The maximum absolute atomic E-state index is 5.74. The van der Waals surface area contributed by atoms with Crippen molar-refractivity contribution in [3.8, 4) is 5.95 Å². The van der Waals surface area contributed by atoms with Crippen molar-refractivity contribution in [1.82, 2.24) is 25.1 Å².